The van der Waals surface area contributed by atoms with E-state index in [9.17, 15) is 0 Å². The van der Waals surface area contributed by atoms with E-state index >= 15 is 0 Å². The van der Waals surface area contributed by atoms with Crippen LogP contribution in [-0.4, -0.2) is 23.8 Å². The fraction of sp³-hybridized carbons (Fsp3) is 0.818. The first-order chi connectivity index (χ1) is 7.80. The zero-order valence-electron chi connectivity index (χ0n) is 9.74. The molecule has 0 aliphatic heterocycles. The van der Waals surface area contributed by atoms with Gasteiger partial charge in [0.05, 0.1) is 0 Å². The van der Waals surface area contributed by atoms with Crippen LogP contribution in [0.2, 0.25) is 0 Å². The highest BCUT2D eigenvalue weighted by atomic mass is 16.5. The third-order valence-corrected chi connectivity index (χ3v) is 3.27. The van der Waals surface area contributed by atoms with Crippen molar-refractivity contribution in [2.24, 2.45) is 5.73 Å². The highest BCUT2D eigenvalue weighted by molar-refractivity contribution is 5.06. The summed E-state index contributed by atoms with van der Waals surface area (Å²) in [5.41, 5.74) is 5.16. The monoisotopic (exact) mass is 225 g/mol. The SMILES string of the molecule is COC1(c2noc(CCCCN)n2)CCC1. The molecule has 1 aromatic heterocycles. The number of ether oxygens (including phenoxy) is 1. The average molecular weight is 225 g/mol. The fourth-order valence-corrected chi connectivity index (χ4v) is 1.98. The van der Waals surface area contributed by atoms with Crippen molar-refractivity contribution >= 4 is 0 Å². The van der Waals surface area contributed by atoms with Crippen LogP contribution in [-0.2, 0) is 16.8 Å². The molecule has 0 aromatic carbocycles. The van der Waals surface area contributed by atoms with E-state index in [0.717, 1.165) is 32.1 Å². The third kappa shape index (κ3) is 2.10. The topological polar surface area (TPSA) is 74.2 Å². The molecule has 0 bridgehead atoms. The highest BCUT2D eigenvalue weighted by Gasteiger charge is 2.43. The molecule has 0 unspecified atom stereocenters. The van der Waals surface area contributed by atoms with Gasteiger partial charge in [-0.25, -0.2) is 0 Å². The van der Waals surface area contributed by atoms with Gasteiger partial charge in [-0.05, 0) is 38.6 Å². The number of aryl methyl sites for hydroxylation is 1. The van der Waals surface area contributed by atoms with Crippen LogP contribution in [0, 0.1) is 0 Å². The van der Waals surface area contributed by atoms with Gasteiger partial charge < -0.3 is 15.0 Å². The number of rotatable bonds is 6. The van der Waals surface area contributed by atoms with Crippen molar-refractivity contribution in [2.75, 3.05) is 13.7 Å². The molecule has 0 spiro atoms. The summed E-state index contributed by atoms with van der Waals surface area (Å²) < 4.78 is 10.7. The van der Waals surface area contributed by atoms with Crippen LogP contribution in [0.25, 0.3) is 0 Å². The Morgan fingerprint density at radius 1 is 1.44 bits per heavy atom. The van der Waals surface area contributed by atoms with Gasteiger partial charge in [-0.15, -0.1) is 0 Å². The number of methoxy groups -OCH3 is 1. The molecule has 5 heteroatoms. The number of nitrogens with two attached hydrogens (primary N) is 1. The molecule has 1 aromatic rings. The molecule has 5 nitrogen and oxygen atoms in total. The summed E-state index contributed by atoms with van der Waals surface area (Å²) in [7, 11) is 1.71. The van der Waals surface area contributed by atoms with Gasteiger partial charge in [0.2, 0.25) is 11.7 Å². The second-order valence-corrected chi connectivity index (χ2v) is 4.31. The van der Waals surface area contributed by atoms with Gasteiger partial charge in [0, 0.05) is 13.5 Å². The Bertz CT molecular complexity index is 328. The van der Waals surface area contributed by atoms with E-state index in [1.54, 1.807) is 7.11 Å². The number of nitrogens with zero attached hydrogens (tertiary/aromatic N) is 2. The molecule has 0 atom stereocenters. The zero-order valence-corrected chi connectivity index (χ0v) is 9.74. The van der Waals surface area contributed by atoms with Crippen LogP contribution < -0.4 is 5.73 Å². The molecular formula is C11H19N3O2. The van der Waals surface area contributed by atoms with Gasteiger partial charge in [0.15, 0.2) is 0 Å². The van der Waals surface area contributed by atoms with Gasteiger partial charge >= 0.3 is 0 Å². The van der Waals surface area contributed by atoms with Gasteiger partial charge in [0.1, 0.15) is 5.60 Å². The van der Waals surface area contributed by atoms with Gasteiger partial charge in [0.25, 0.3) is 0 Å². The Hall–Kier alpha value is -0.940. The van der Waals surface area contributed by atoms with Crippen molar-refractivity contribution in [1.29, 1.82) is 0 Å². The molecule has 16 heavy (non-hydrogen) atoms. The number of aromatic nitrogens is 2. The van der Waals surface area contributed by atoms with E-state index in [1.165, 1.54) is 6.42 Å². The molecule has 2 rings (SSSR count). The van der Waals surface area contributed by atoms with E-state index in [1.807, 2.05) is 0 Å². The predicted octanol–water partition coefficient (Wildman–Crippen LogP) is 1.38. The highest BCUT2D eigenvalue weighted by Crippen LogP contribution is 2.42. The van der Waals surface area contributed by atoms with Crippen molar-refractivity contribution in [3.63, 3.8) is 0 Å². The maximum Gasteiger partial charge on any atom is 0.226 e. The van der Waals surface area contributed by atoms with Crippen LogP contribution >= 0.6 is 0 Å². The van der Waals surface area contributed by atoms with Gasteiger partial charge in [-0.2, -0.15) is 4.98 Å². The summed E-state index contributed by atoms with van der Waals surface area (Å²) >= 11 is 0. The minimum Gasteiger partial charge on any atom is -0.370 e. The Morgan fingerprint density at radius 2 is 2.25 bits per heavy atom. The van der Waals surface area contributed by atoms with E-state index in [-0.39, 0.29) is 5.60 Å². The van der Waals surface area contributed by atoms with Gasteiger partial charge in [-0.1, -0.05) is 5.16 Å². The molecule has 1 fully saturated rings. The third-order valence-electron chi connectivity index (χ3n) is 3.27. The number of hydrogen-bond donors (Lipinski definition) is 1. The Morgan fingerprint density at radius 3 is 2.81 bits per heavy atom. The average Bonchev–Trinajstić information content (AvgIpc) is 2.67. The second kappa shape index (κ2) is 4.93. The predicted molar refractivity (Wildman–Crippen MR) is 58.8 cm³/mol. The molecule has 1 aliphatic rings. The van der Waals surface area contributed by atoms with Crippen LogP contribution in [0.4, 0.5) is 0 Å². The summed E-state index contributed by atoms with van der Waals surface area (Å²) in [4.78, 5) is 4.40. The molecule has 0 amide bonds. The summed E-state index contributed by atoms with van der Waals surface area (Å²) in [5, 5.41) is 4.02. The van der Waals surface area contributed by atoms with E-state index in [0.29, 0.717) is 18.3 Å². The lowest BCUT2D eigenvalue weighted by Crippen LogP contribution is -2.37. The first-order valence-electron chi connectivity index (χ1n) is 5.89. The van der Waals surface area contributed by atoms with Crippen LogP contribution in [0.15, 0.2) is 4.52 Å². The normalized spacial score (nSPS) is 18.4. The first-order valence-corrected chi connectivity index (χ1v) is 5.89. The van der Waals surface area contributed by atoms with Crippen LogP contribution in [0.5, 0.6) is 0 Å². The van der Waals surface area contributed by atoms with Crippen molar-refractivity contribution in [1.82, 2.24) is 10.1 Å². The fourth-order valence-electron chi connectivity index (χ4n) is 1.98. The van der Waals surface area contributed by atoms with Crippen molar-refractivity contribution < 1.29 is 9.26 Å². The van der Waals surface area contributed by atoms with Crippen LogP contribution in [0.1, 0.15) is 43.8 Å². The quantitative estimate of drug-likeness (QED) is 0.740. The Balaban J connectivity index is 1.96. The van der Waals surface area contributed by atoms with E-state index < -0.39 is 0 Å². The molecular weight excluding hydrogens is 206 g/mol. The lowest BCUT2D eigenvalue weighted by atomic mass is 9.79. The van der Waals surface area contributed by atoms with Gasteiger partial charge in [-0.3, -0.25) is 0 Å². The lowest BCUT2D eigenvalue weighted by Gasteiger charge is -2.37. The minimum atomic E-state index is -0.268. The zero-order chi connectivity index (χ0) is 11.4. The molecule has 0 radical (unpaired) electrons. The van der Waals surface area contributed by atoms with Crippen molar-refractivity contribution in [3.8, 4) is 0 Å². The lowest BCUT2D eigenvalue weighted by molar-refractivity contribution is -0.0858. The number of hydrogen-bond acceptors (Lipinski definition) is 5. The summed E-state index contributed by atoms with van der Waals surface area (Å²) in [5.74, 6) is 1.41. The summed E-state index contributed by atoms with van der Waals surface area (Å²) in [6, 6.07) is 0. The summed E-state index contributed by atoms with van der Waals surface area (Å²) in [6.45, 7) is 0.711. The molecule has 0 saturated heterocycles. The molecule has 90 valence electrons. The standard InChI is InChI=1S/C11H19N3O2/c1-15-11(6-4-7-11)10-13-9(16-14-10)5-2-3-8-12/h2-8,12H2,1H3. The van der Waals surface area contributed by atoms with Crippen molar-refractivity contribution in [2.45, 2.75) is 44.1 Å². The Kier molecular flexibility index (Phi) is 3.56. The number of unbranched alkanes of at least 4 members (excludes halogenated alkanes) is 1. The van der Waals surface area contributed by atoms with Crippen LogP contribution in [0.3, 0.4) is 0 Å². The first kappa shape index (κ1) is 11.5. The molecule has 1 saturated carbocycles. The largest absolute Gasteiger partial charge is 0.370 e. The van der Waals surface area contributed by atoms with E-state index in [4.69, 9.17) is 15.0 Å². The maximum atomic E-state index is 5.49. The Labute approximate surface area is 95.3 Å². The summed E-state index contributed by atoms with van der Waals surface area (Å²) in [6.07, 6.45) is 5.96. The maximum absolute atomic E-state index is 5.49. The second-order valence-electron chi connectivity index (χ2n) is 4.31. The molecule has 1 aliphatic carbocycles. The van der Waals surface area contributed by atoms with E-state index in [2.05, 4.69) is 10.1 Å². The molecule has 2 N–H and O–H groups in total. The minimum absolute atomic E-state index is 0.268. The van der Waals surface area contributed by atoms with Crippen molar-refractivity contribution in [3.05, 3.63) is 11.7 Å². The smallest absolute Gasteiger partial charge is 0.226 e. The molecule has 1 heterocycles.